The lowest BCUT2D eigenvalue weighted by Gasteiger charge is -2.19. The molecule has 104 valence electrons. The molecule has 0 atom stereocenters. The number of amides is 1. The summed E-state index contributed by atoms with van der Waals surface area (Å²) >= 11 is 4.41. The van der Waals surface area contributed by atoms with Gasteiger partial charge in [0, 0.05) is 5.92 Å². The number of halogens is 1. The molecule has 1 saturated carbocycles. The summed E-state index contributed by atoms with van der Waals surface area (Å²) < 4.78 is 0. The zero-order chi connectivity index (χ0) is 13.8. The first kappa shape index (κ1) is 14.7. The predicted octanol–water partition coefficient (Wildman–Crippen LogP) is 3.55. The predicted molar refractivity (Wildman–Crippen MR) is 80.2 cm³/mol. The topological polar surface area (TPSA) is 59.1 Å². The van der Waals surface area contributed by atoms with Gasteiger partial charge in [0.1, 0.15) is 0 Å². The highest BCUT2D eigenvalue weighted by molar-refractivity contribution is 9.09. The van der Waals surface area contributed by atoms with E-state index >= 15 is 0 Å². The number of alkyl halides is 1. The Morgan fingerprint density at radius 2 is 2.05 bits per heavy atom. The Labute approximate surface area is 125 Å². The van der Waals surface area contributed by atoms with Gasteiger partial charge in [-0.3, -0.25) is 9.59 Å². The van der Waals surface area contributed by atoms with Crippen molar-refractivity contribution in [2.75, 3.05) is 10.6 Å². The Hall–Kier alpha value is -0.750. The van der Waals surface area contributed by atoms with E-state index in [1.54, 1.807) is 6.92 Å². The molecule has 0 radical (unpaired) electrons. The van der Waals surface area contributed by atoms with E-state index in [4.69, 9.17) is 0 Å². The van der Waals surface area contributed by atoms with E-state index in [0.29, 0.717) is 15.7 Å². The third-order valence-corrected chi connectivity index (χ3v) is 5.00. The second-order valence-electron chi connectivity index (χ2n) is 4.81. The molecular weight excluding hydrogens is 328 g/mol. The number of rotatable bonds is 4. The number of nitrogens with one attached hydrogen (secondary N) is 1. The van der Waals surface area contributed by atoms with Gasteiger partial charge in [-0.1, -0.05) is 46.5 Å². The lowest BCUT2D eigenvalue weighted by Crippen LogP contribution is -2.24. The molecule has 0 bridgehead atoms. The second kappa shape index (κ2) is 6.61. The molecular formula is C13H17BrN2O2S. The van der Waals surface area contributed by atoms with Crippen LogP contribution in [-0.2, 0) is 4.79 Å². The Morgan fingerprint density at radius 1 is 1.37 bits per heavy atom. The van der Waals surface area contributed by atoms with Gasteiger partial charge < -0.3 is 5.32 Å². The molecule has 0 unspecified atom stereocenters. The molecule has 1 aromatic heterocycles. The number of Topliss-reactive ketones (excluding diaryl/α,β-unsaturated/α-hetero) is 1. The Balaban J connectivity index is 2.02. The summed E-state index contributed by atoms with van der Waals surface area (Å²) in [4.78, 5) is 28.6. The molecule has 1 amide bonds. The van der Waals surface area contributed by atoms with E-state index in [-0.39, 0.29) is 22.9 Å². The average Bonchev–Trinajstić information content (AvgIpc) is 2.79. The van der Waals surface area contributed by atoms with Gasteiger partial charge in [-0.2, -0.15) is 0 Å². The summed E-state index contributed by atoms with van der Waals surface area (Å²) in [6, 6.07) is 0. The van der Waals surface area contributed by atoms with Crippen LogP contribution >= 0.6 is 27.3 Å². The van der Waals surface area contributed by atoms with Crippen LogP contribution in [0.2, 0.25) is 0 Å². The van der Waals surface area contributed by atoms with Crippen LogP contribution in [0.25, 0.3) is 0 Å². The SMILES string of the molecule is Cc1nc(NC(=O)C2CCCCC2)sc1C(=O)CBr. The van der Waals surface area contributed by atoms with Gasteiger partial charge in [-0.25, -0.2) is 4.98 Å². The third kappa shape index (κ3) is 3.63. The molecule has 1 aliphatic rings. The molecule has 19 heavy (non-hydrogen) atoms. The zero-order valence-corrected chi connectivity index (χ0v) is 13.3. The lowest BCUT2D eigenvalue weighted by atomic mass is 9.89. The van der Waals surface area contributed by atoms with Crippen LogP contribution in [0, 0.1) is 12.8 Å². The maximum Gasteiger partial charge on any atom is 0.229 e. The molecule has 1 N–H and O–H groups in total. The van der Waals surface area contributed by atoms with Crippen LogP contribution in [0.1, 0.15) is 47.5 Å². The van der Waals surface area contributed by atoms with Crippen LogP contribution < -0.4 is 5.32 Å². The molecule has 6 heteroatoms. The van der Waals surface area contributed by atoms with Gasteiger partial charge in [0.05, 0.1) is 15.9 Å². The van der Waals surface area contributed by atoms with Crippen molar-refractivity contribution in [3.63, 3.8) is 0 Å². The minimum atomic E-state index is 0.00756. The number of carbonyl (C=O) groups is 2. The van der Waals surface area contributed by atoms with Crippen molar-refractivity contribution in [3.8, 4) is 0 Å². The third-order valence-electron chi connectivity index (χ3n) is 3.38. The summed E-state index contributed by atoms with van der Waals surface area (Å²) in [5, 5.41) is 3.68. The number of thiazole rings is 1. The van der Waals surface area contributed by atoms with Crippen molar-refractivity contribution in [1.29, 1.82) is 0 Å². The van der Waals surface area contributed by atoms with Gasteiger partial charge in [-0.05, 0) is 19.8 Å². The highest BCUT2D eigenvalue weighted by atomic mass is 79.9. The molecule has 0 spiro atoms. The van der Waals surface area contributed by atoms with Gasteiger partial charge in [0.2, 0.25) is 5.91 Å². The standard InChI is InChI=1S/C13H17BrN2O2S/c1-8-11(10(17)7-14)19-13(15-8)16-12(18)9-5-3-2-4-6-9/h9H,2-7H2,1H3,(H,15,16,18). The molecule has 2 rings (SSSR count). The van der Waals surface area contributed by atoms with Gasteiger partial charge in [-0.15, -0.1) is 0 Å². The number of aryl methyl sites for hydroxylation is 1. The normalized spacial score (nSPS) is 16.3. The molecule has 1 aliphatic carbocycles. The van der Waals surface area contributed by atoms with Crippen molar-refractivity contribution in [1.82, 2.24) is 4.98 Å². The molecule has 0 aliphatic heterocycles. The summed E-state index contributed by atoms with van der Waals surface area (Å²) in [6.45, 7) is 1.79. The van der Waals surface area contributed by atoms with Crippen molar-refractivity contribution in [2.24, 2.45) is 5.92 Å². The van der Waals surface area contributed by atoms with Gasteiger partial charge in [0.25, 0.3) is 0 Å². The second-order valence-corrected chi connectivity index (χ2v) is 6.37. The molecule has 1 aromatic rings. The highest BCUT2D eigenvalue weighted by Gasteiger charge is 2.23. The summed E-state index contributed by atoms with van der Waals surface area (Å²) in [6.07, 6.45) is 5.40. The lowest BCUT2D eigenvalue weighted by molar-refractivity contribution is -0.120. The first-order chi connectivity index (χ1) is 9.11. The number of hydrogen-bond acceptors (Lipinski definition) is 4. The molecule has 1 heterocycles. The van der Waals surface area contributed by atoms with Crippen LogP contribution in [0.3, 0.4) is 0 Å². The number of aromatic nitrogens is 1. The molecule has 1 fully saturated rings. The smallest absolute Gasteiger partial charge is 0.229 e. The van der Waals surface area contributed by atoms with Crippen molar-refractivity contribution in [3.05, 3.63) is 10.6 Å². The average molecular weight is 345 g/mol. The Morgan fingerprint density at radius 3 is 2.68 bits per heavy atom. The maximum atomic E-state index is 12.1. The van der Waals surface area contributed by atoms with Crippen LogP contribution in [0.5, 0.6) is 0 Å². The van der Waals surface area contributed by atoms with E-state index in [9.17, 15) is 9.59 Å². The fourth-order valence-electron chi connectivity index (χ4n) is 2.34. The maximum absolute atomic E-state index is 12.1. The van der Waals surface area contributed by atoms with Crippen molar-refractivity contribution >= 4 is 44.1 Å². The number of nitrogens with zero attached hydrogens (tertiary/aromatic N) is 1. The molecule has 0 aromatic carbocycles. The Kier molecular flexibility index (Phi) is 5.10. The highest BCUT2D eigenvalue weighted by Crippen LogP contribution is 2.27. The van der Waals surface area contributed by atoms with E-state index < -0.39 is 0 Å². The van der Waals surface area contributed by atoms with E-state index in [1.165, 1.54) is 17.8 Å². The van der Waals surface area contributed by atoms with Crippen LogP contribution in [0.15, 0.2) is 0 Å². The molecule has 0 saturated heterocycles. The first-order valence-corrected chi connectivity index (χ1v) is 8.43. The number of anilines is 1. The summed E-state index contributed by atoms with van der Waals surface area (Å²) in [7, 11) is 0. The van der Waals surface area contributed by atoms with Crippen molar-refractivity contribution < 1.29 is 9.59 Å². The summed E-state index contributed by atoms with van der Waals surface area (Å²) in [5.41, 5.74) is 0.688. The monoisotopic (exact) mass is 344 g/mol. The fourth-order valence-corrected chi connectivity index (χ4v) is 3.71. The van der Waals surface area contributed by atoms with E-state index in [2.05, 4.69) is 26.2 Å². The largest absolute Gasteiger partial charge is 0.302 e. The van der Waals surface area contributed by atoms with E-state index in [0.717, 1.165) is 25.7 Å². The quantitative estimate of drug-likeness (QED) is 0.671. The number of carbonyl (C=O) groups excluding carboxylic acids is 2. The minimum absolute atomic E-state index is 0.00756. The fraction of sp³-hybridized carbons (Fsp3) is 0.615. The first-order valence-electron chi connectivity index (χ1n) is 6.49. The summed E-state index contributed by atoms with van der Waals surface area (Å²) in [5.74, 6) is 0.160. The Bertz CT molecular complexity index is 481. The van der Waals surface area contributed by atoms with Gasteiger partial charge in [0.15, 0.2) is 10.9 Å². The van der Waals surface area contributed by atoms with Crippen molar-refractivity contribution in [2.45, 2.75) is 39.0 Å². The van der Waals surface area contributed by atoms with Crippen LogP contribution in [-0.4, -0.2) is 22.0 Å². The van der Waals surface area contributed by atoms with Crippen LogP contribution in [0.4, 0.5) is 5.13 Å². The van der Waals surface area contributed by atoms with E-state index in [1.807, 2.05) is 0 Å². The van der Waals surface area contributed by atoms with Gasteiger partial charge >= 0.3 is 0 Å². The zero-order valence-electron chi connectivity index (χ0n) is 10.9. The minimum Gasteiger partial charge on any atom is -0.302 e. The number of hydrogen-bond donors (Lipinski definition) is 1. The number of ketones is 1. The molecule has 4 nitrogen and oxygen atoms in total.